The van der Waals surface area contributed by atoms with Gasteiger partial charge in [0.1, 0.15) is 0 Å². The number of halogens is 1. The van der Waals surface area contributed by atoms with Crippen LogP contribution in [0.4, 0.5) is 5.95 Å². The number of hydrogen-bond donors (Lipinski definition) is 2. The van der Waals surface area contributed by atoms with Crippen molar-refractivity contribution < 1.29 is 0 Å². The number of guanidine groups is 1. The van der Waals surface area contributed by atoms with E-state index in [0.717, 1.165) is 11.6 Å². The van der Waals surface area contributed by atoms with Crippen LogP contribution in [-0.2, 0) is 13.6 Å². The van der Waals surface area contributed by atoms with E-state index in [1.807, 2.05) is 57.6 Å². The second kappa shape index (κ2) is 6.97. The van der Waals surface area contributed by atoms with Gasteiger partial charge in [-0.15, -0.1) is 24.0 Å². The Labute approximate surface area is 132 Å². The molecular formula is C12H25IN6. The Morgan fingerprint density at radius 3 is 2.47 bits per heavy atom. The van der Waals surface area contributed by atoms with Crippen molar-refractivity contribution in [3.63, 3.8) is 0 Å². The van der Waals surface area contributed by atoms with Crippen LogP contribution in [0, 0.1) is 0 Å². The van der Waals surface area contributed by atoms with Crippen LogP contribution in [0.5, 0.6) is 0 Å². The summed E-state index contributed by atoms with van der Waals surface area (Å²) in [6.45, 7) is 6.66. The third-order valence-corrected chi connectivity index (χ3v) is 2.37. The van der Waals surface area contributed by atoms with Crippen molar-refractivity contribution in [2.75, 3.05) is 19.0 Å². The molecular weight excluding hydrogens is 355 g/mol. The van der Waals surface area contributed by atoms with Gasteiger partial charge in [-0.1, -0.05) is 0 Å². The summed E-state index contributed by atoms with van der Waals surface area (Å²) in [5.74, 6) is 1.36. The lowest BCUT2D eigenvalue weighted by molar-refractivity contribution is 0.508. The van der Waals surface area contributed by atoms with Crippen molar-refractivity contribution in [2.45, 2.75) is 32.9 Å². The highest BCUT2D eigenvalue weighted by Gasteiger charge is 2.11. The fraction of sp³-hybridized carbons (Fsp3) is 0.667. The number of rotatable bonds is 3. The molecule has 0 atom stereocenters. The first-order valence-corrected chi connectivity index (χ1v) is 5.97. The average Bonchev–Trinajstić information content (AvgIpc) is 2.54. The molecule has 1 aromatic heterocycles. The Bertz CT molecular complexity index is 430. The van der Waals surface area contributed by atoms with Crippen LogP contribution in [0.3, 0.4) is 0 Å². The molecule has 1 rings (SSSR count). The number of aromatic nitrogens is 2. The molecule has 7 heteroatoms. The molecule has 0 radical (unpaired) electrons. The van der Waals surface area contributed by atoms with Crippen molar-refractivity contribution in [3.05, 3.63) is 11.9 Å². The lowest BCUT2D eigenvalue weighted by atomic mass is 10.1. The standard InChI is InChI=1S/C12H24N6.HI/c1-12(2,3)16-10(13)14-7-9-8-15-11(17(4)5)18(9)6;/h8H,7H2,1-6H3,(H3,13,14,16);1H. The molecule has 19 heavy (non-hydrogen) atoms. The molecule has 0 aliphatic rings. The Hall–Kier alpha value is -0.990. The second-order valence-corrected chi connectivity index (χ2v) is 5.58. The van der Waals surface area contributed by atoms with Gasteiger partial charge in [0.05, 0.1) is 18.4 Å². The minimum Gasteiger partial charge on any atom is -0.370 e. The molecule has 0 unspecified atom stereocenters. The van der Waals surface area contributed by atoms with Crippen molar-refractivity contribution in [2.24, 2.45) is 17.8 Å². The summed E-state index contributed by atoms with van der Waals surface area (Å²) in [6, 6.07) is 0. The molecule has 0 fully saturated rings. The maximum absolute atomic E-state index is 5.82. The quantitative estimate of drug-likeness (QED) is 0.471. The van der Waals surface area contributed by atoms with E-state index in [9.17, 15) is 0 Å². The summed E-state index contributed by atoms with van der Waals surface area (Å²) >= 11 is 0. The molecule has 0 aliphatic carbocycles. The van der Waals surface area contributed by atoms with Crippen molar-refractivity contribution in [3.8, 4) is 0 Å². The zero-order valence-corrected chi connectivity index (χ0v) is 14.9. The molecule has 0 aromatic carbocycles. The summed E-state index contributed by atoms with van der Waals surface area (Å²) in [5, 5.41) is 3.13. The number of nitrogens with zero attached hydrogens (tertiary/aromatic N) is 4. The van der Waals surface area contributed by atoms with E-state index < -0.39 is 0 Å². The summed E-state index contributed by atoms with van der Waals surface area (Å²) in [7, 11) is 5.90. The Balaban J connectivity index is 0.00000324. The van der Waals surface area contributed by atoms with E-state index in [1.165, 1.54) is 0 Å². The number of hydrogen-bond acceptors (Lipinski definition) is 3. The lowest BCUT2D eigenvalue weighted by Crippen LogP contribution is -2.45. The zero-order valence-electron chi connectivity index (χ0n) is 12.6. The predicted molar refractivity (Wildman–Crippen MR) is 91.2 cm³/mol. The van der Waals surface area contributed by atoms with Crippen LogP contribution in [-0.4, -0.2) is 35.1 Å². The Morgan fingerprint density at radius 2 is 2.05 bits per heavy atom. The molecule has 0 saturated carbocycles. The molecule has 6 nitrogen and oxygen atoms in total. The predicted octanol–water partition coefficient (Wildman–Crippen LogP) is 1.31. The van der Waals surface area contributed by atoms with E-state index >= 15 is 0 Å². The van der Waals surface area contributed by atoms with E-state index in [2.05, 4.69) is 15.3 Å². The van der Waals surface area contributed by atoms with Gasteiger partial charge < -0.3 is 20.5 Å². The smallest absolute Gasteiger partial charge is 0.204 e. The normalized spacial score (nSPS) is 12.0. The number of anilines is 1. The number of nitrogens with two attached hydrogens (primary N) is 1. The molecule has 0 aliphatic heterocycles. The fourth-order valence-electron chi connectivity index (χ4n) is 1.59. The first-order chi connectivity index (χ1) is 8.20. The van der Waals surface area contributed by atoms with Gasteiger partial charge in [0, 0.05) is 26.7 Å². The Kier molecular flexibility index (Phi) is 6.61. The summed E-state index contributed by atoms with van der Waals surface area (Å²) in [6.07, 6.45) is 1.82. The topological polar surface area (TPSA) is 71.5 Å². The van der Waals surface area contributed by atoms with E-state index in [-0.39, 0.29) is 29.5 Å². The van der Waals surface area contributed by atoms with Crippen LogP contribution in [0.1, 0.15) is 26.5 Å². The zero-order chi connectivity index (χ0) is 13.9. The highest BCUT2D eigenvalue weighted by Crippen LogP contribution is 2.11. The van der Waals surface area contributed by atoms with Gasteiger partial charge >= 0.3 is 0 Å². The maximum Gasteiger partial charge on any atom is 0.204 e. The van der Waals surface area contributed by atoms with Crippen LogP contribution < -0.4 is 16.0 Å². The Morgan fingerprint density at radius 1 is 1.47 bits per heavy atom. The van der Waals surface area contributed by atoms with Gasteiger partial charge in [-0.2, -0.15) is 0 Å². The number of aliphatic imine (C=N–C) groups is 1. The molecule has 110 valence electrons. The molecule has 0 saturated heterocycles. The minimum absolute atomic E-state index is 0. The number of imidazole rings is 1. The van der Waals surface area contributed by atoms with Crippen LogP contribution in [0.15, 0.2) is 11.2 Å². The summed E-state index contributed by atoms with van der Waals surface area (Å²) in [5.41, 5.74) is 6.77. The van der Waals surface area contributed by atoms with Gasteiger partial charge in [0.2, 0.25) is 5.95 Å². The third kappa shape index (κ3) is 5.66. The van der Waals surface area contributed by atoms with Gasteiger partial charge in [0.15, 0.2) is 5.96 Å². The molecule has 3 N–H and O–H groups in total. The first kappa shape index (κ1) is 18.0. The summed E-state index contributed by atoms with van der Waals surface area (Å²) in [4.78, 5) is 10.6. The second-order valence-electron chi connectivity index (χ2n) is 5.58. The van der Waals surface area contributed by atoms with Crippen LogP contribution in [0.25, 0.3) is 0 Å². The average molecular weight is 380 g/mol. The van der Waals surface area contributed by atoms with Crippen LogP contribution >= 0.6 is 24.0 Å². The largest absolute Gasteiger partial charge is 0.370 e. The first-order valence-electron chi connectivity index (χ1n) is 5.97. The van der Waals surface area contributed by atoms with Gasteiger partial charge in [-0.05, 0) is 20.8 Å². The number of nitrogens with one attached hydrogen (secondary N) is 1. The lowest BCUT2D eigenvalue weighted by Gasteiger charge is -2.21. The molecule has 1 aromatic rings. The molecule has 1 heterocycles. The molecule has 0 spiro atoms. The van der Waals surface area contributed by atoms with Crippen molar-refractivity contribution >= 4 is 35.9 Å². The van der Waals surface area contributed by atoms with Gasteiger partial charge in [0.25, 0.3) is 0 Å². The monoisotopic (exact) mass is 380 g/mol. The van der Waals surface area contributed by atoms with E-state index in [1.54, 1.807) is 0 Å². The highest BCUT2D eigenvalue weighted by atomic mass is 127. The highest BCUT2D eigenvalue weighted by molar-refractivity contribution is 14.0. The SMILES string of the molecule is CN(C)c1ncc(CN=C(N)NC(C)(C)C)n1C.I. The third-order valence-electron chi connectivity index (χ3n) is 2.37. The summed E-state index contributed by atoms with van der Waals surface area (Å²) < 4.78 is 2.01. The van der Waals surface area contributed by atoms with Gasteiger partial charge in [-0.25, -0.2) is 9.98 Å². The molecule has 0 amide bonds. The van der Waals surface area contributed by atoms with Crippen molar-refractivity contribution in [1.29, 1.82) is 0 Å². The van der Waals surface area contributed by atoms with E-state index in [4.69, 9.17) is 5.73 Å². The minimum atomic E-state index is -0.0746. The fourth-order valence-corrected chi connectivity index (χ4v) is 1.59. The van der Waals surface area contributed by atoms with Gasteiger partial charge in [-0.3, -0.25) is 0 Å². The van der Waals surface area contributed by atoms with E-state index in [0.29, 0.717) is 12.5 Å². The van der Waals surface area contributed by atoms with Crippen molar-refractivity contribution in [1.82, 2.24) is 14.9 Å². The van der Waals surface area contributed by atoms with Crippen LogP contribution in [0.2, 0.25) is 0 Å². The maximum atomic E-state index is 5.82. The molecule has 0 bridgehead atoms.